The summed E-state index contributed by atoms with van der Waals surface area (Å²) in [4.78, 5) is 17.9. The van der Waals surface area contributed by atoms with Gasteiger partial charge in [0.15, 0.2) is 17.1 Å². The summed E-state index contributed by atoms with van der Waals surface area (Å²) < 4.78 is 13.6. The van der Waals surface area contributed by atoms with Gasteiger partial charge in [0.05, 0.1) is 22.3 Å². The van der Waals surface area contributed by atoms with Gasteiger partial charge >= 0.3 is 0 Å². The summed E-state index contributed by atoms with van der Waals surface area (Å²) in [7, 11) is 1.84. The van der Waals surface area contributed by atoms with Crippen molar-refractivity contribution in [2.24, 2.45) is 7.05 Å². The third-order valence-corrected chi connectivity index (χ3v) is 5.36. The van der Waals surface area contributed by atoms with Crippen molar-refractivity contribution in [3.05, 3.63) is 39.6 Å². The molecule has 3 aromatic rings. The Morgan fingerprint density at radius 2 is 1.89 bits per heavy atom. The van der Waals surface area contributed by atoms with Crippen molar-refractivity contribution in [1.82, 2.24) is 14.8 Å². The van der Waals surface area contributed by atoms with Gasteiger partial charge in [-0.05, 0) is 34.8 Å². The molecule has 0 spiro atoms. The minimum absolute atomic E-state index is 0.187. The third-order valence-electron chi connectivity index (χ3n) is 4.70. The molecule has 7 nitrogen and oxygen atoms in total. The molecule has 0 radical (unpaired) electrons. The summed E-state index contributed by atoms with van der Waals surface area (Å²) in [5.41, 5.74) is 3.50. The highest BCUT2D eigenvalue weighted by Gasteiger charge is 2.22. The number of rotatable bonds is 3. The van der Waals surface area contributed by atoms with Crippen molar-refractivity contribution in [2.45, 2.75) is 26.7 Å². The van der Waals surface area contributed by atoms with Crippen LogP contribution in [0.1, 0.15) is 41.5 Å². The lowest BCUT2D eigenvalue weighted by atomic mass is 10.0. The average molecular weight is 445 g/mol. The molecular weight excluding hydrogens is 424 g/mol. The Morgan fingerprint density at radius 1 is 1.21 bits per heavy atom. The Bertz CT molecular complexity index is 1090. The van der Waals surface area contributed by atoms with Crippen molar-refractivity contribution >= 4 is 38.6 Å². The number of halogens is 1. The van der Waals surface area contributed by atoms with Crippen LogP contribution in [0.5, 0.6) is 11.5 Å². The van der Waals surface area contributed by atoms with Crippen LogP contribution >= 0.6 is 15.9 Å². The highest BCUT2D eigenvalue weighted by Crippen LogP contribution is 2.38. The van der Waals surface area contributed by atoms with Crippen molar-refractivity contribution in [1.29, 1.82) is 0 Å². The third kappa shape index (κ3) is 3.22. The summed E-state index contributed by atoms with van der Waals surface area (Å²) in [6.45, 7) is 6.99. The first kappa shape index (κ1) is 18.7. The van der Waals surface area contributed by atoms with Crippen molar-refractivity contribution in [3.8, 4) is 11.5 Å². The predicted molar refractivity (Wildman–Crippen MR) is 110 cm³/mol. The van der Waals surface area contributed by atoms with Crippen molar-refractivity contribution in [2.75, 3.05) is 18.5 Å². The Labute approximate surface area is 171 Å². The largest absolute Gasteiger partial charge is 0.486 e. The molecule has 4 rings (SSSR count). The molecule has 1 N–H and O–H groups in total. The summed E-state index contributed by atoms with van der Waals surface area (Å²) in [5, 5.41) is 8.19. The Balaban J connectivity index is 1.77. The molecule has 0 atom stereocenters. The lowest BCUT2D eigenvalue weighted by molar-refractivity contribution is 0.102. The van der Waals surface area contributed by atoms with Crippen LogP contribution in [0.2, 0.25) is 0 Å². The molecule has 0 unspecified atom stereocenters. The van der Waals surface area contributed by atoms with Gasteiger partial charge in [-0.3, -0.25) is 9.48 Å². The van der Waals surface area contributed by atoms with E-state index in [0.717, 1.165) is 21.2 Å². The molecular formula is C20H21BrN4O3. The van der Waals surface area contributed by atoms with E-state index < -0.39 is 0 Å². The van der Waals surface area contributed by atoms with Crippen LogP contribution in [0.15, 0.2) is 22.7 Å². The molecule has 2 aromatic heterocycles. The monoisotopic (exact) mass is 444 g/mol. The Kier molecular flexibility index (Phi) is 4.74. The van der Waals surface area contributed by atoms with E-state index in [-0.39, 0.29) is 11.8 Å². The molecule has 0 saturated heterocycles. The van der Waals surface area contributed by atoms with Gasteiger partial charge in [-0.2, -0.15) is 5.10 Å². The van der Waals surface area contributed by atoms with Crippen LogP contribution in [0.3, 0.4) is 0 Å². The molecule has 1 amide bonds. The fourth-order valence-electron chi connectivity index (χ4n) is 3.29. The number of fused-ring (bicyclic) bond motifs is 2. The highest BCUT2D eigenvalue weighted by atomic mass is 79.9. The zero-order valence-electron chi connectivity index (χ0n) is 16.2. The first-order valence-corrected chi connectivity index (χ1v) is 9.89. The number of ether oxygens (including phenoxy) is 2. The molecule has 3 heterocycles. The van der Waals surface area contributed by atoms with E-state index in [1.165, 1.54) is 0 Å². The number of amides is 1. The molecule has 0 fully saturated rings. The molecule has 8 heteroatoms. The number of anilines is 1. The normalized spacial score (nSPS) is 13.2. The van der Waals surface area contributed by atoms with Crippen LogP contribution in [0.4, 0.5) is 5.69 Å². The zero-order valence-corrected chi connectivity index (χ0v) is 17.8. The SMILES string of the molecule is Cc1nn(C)c2nc(C(C)C)cc(C(=O)Nc3cc4c(cc3Br)OCCO4)c12. The van der Waals surface area contributed by atoms with Gasteiger partial charge in [0.25, 0.3) is 5.91 Å². The topological polar surface area (TPSA) is 78.3 Å². The number of carbonyl (C=O) groups excluding carboxylic acids is 1. The number of aryl methyl sites for hydroxylation is 2. The standard InChI is InChI=1S/C20H21BrN4O3/c1-10(2)14-7-12(18-11(3)24-25(4)19(18)22-14)20(26)23-15-9-17-16(8-13(15)21)27-5-6-28-17/h7-10H,5-6H2,1-4H3,(H,23,26). The molecule has 146 valence electrons. The Morgan fingerprint density at radius 3 is 2.57 bits per heavy atom. The summed E-state index contributed by atoms with van der Waals surface area (Å²) in [5.74, 6) is 1.24. The van der Waals surface area contributed by atoms with Gasteiger partial charge in [-0.1, -0.05) is 13.8 Å². The van der Waals surface area contributed by atoms with Crippen LogP contribution in [-0.2, 0) is 7.05 Å². The molecule has 0 bridgehead atoms. The number of nitrogens with one attached hydrogen (secondary N) is 1. The number of carbonyl (C=O) groups is 1. The van der Waals surface area contributed by atoms with Crippen LogP contribution < -0.4 is 14.8 Å². The van der Waals surface area contributed by atoms with E-state index in [1.54, 1.807) is 16.8 Å². The van der Waals surface area contributed by atoms with Gasteiger partial charge < -0.3 is 14.8 Å². The fourth-order valence-corrected chi connectivity index (χ4v) is 3.71. The number of aromatic nitrogens is 3. The lowest BCUT2D eigenvalue weighted by Gasteiger charge is -2.20. The number of benzene rings is 1. The van der Waals surface area contributed by atoms with Gasteiger partial charge in [0, 0.05) is 29.3 Å². The maximum Gasteiger partial charge on any atom is 0.256 e. The van der Waals surface area contributed by atoms with Crippen molar-refractivity contribution in [3.63, 3.8) is 0 Å². The minimum Gasteiger partial charge on any atom is -0.486 e. The quantitative estimate of drug-likeness (QED) is 0.655. The van der Waals surface area contributed by atoms with Gasteiger partial charge in [0.1, 0.15) is 13.2 Å². The minimum atomic E-state index is -0.220. The molecule has 1 aliphatic rings. The molecule has 1 aliphatic heterocycles. The van der Waals surface area contributed by atoms with E-state index in [9.17, 15) is 4.79 Å². The van der Waals surface area contributed by atoms with E-state index in [0.29, 0.717) is 41.6 Å². The Hall–Kier alpha value is -2.61. The van der Waals surface area contributed by atoms with Gasteiger partial charge in [-0.15, -0.1) is 0 Å². The smallest absolute Gasteiger partial charge is 0.256 e. The van der Waals surface area contributed by atoms with Crippen LogP contribution in [-0.4, -0.2) is 33.9 Å². The second kappa shape index (κ2) is 7.09. The van der Waals surface area contributed by atoms with Gasteiger partial charge in [-0.25, -0.2) is 4.98 Å². The first-order valence-electron chi connectivity index (χ1n) is 9.10. The van der Waals surface area contributed by atoms with Crippen LogP contribution in [0.25, 0.3) is 11.0 Å². The van der Waals surface area contributed by atoms with Crippen molar-refractivity contribution < 1.29 is 14.3 Å². The average Bonchev–Trinajstić information content (AvgIpc) is 2.95. The number of pyridine rings is 1. The second-order valence-electron chi connectivity index (χ2n) is 7.09. The number of nitrogens with zero attached hydrogens (tertiary/aromatic N) is 3. The van der Waals surface area contributed by atoms with E-state index >= 15 is 0 Å². The van der Waals surface area contributed by atoms with E-state index in [2.05, 4.69) is 40.2 Å². The fraction of sp³-hybridized carbons (Fsp3) is 0.350. The maximum absolute atomic E-state index is 13.2. The summed E-state index contributed by atoms with van der Waals surface area (Å²) in [6.07, 6.45) is 0. The lowest BCUT2D eigenvalue weighted by Crippen LogP contribution is -2.17. The summed E-state index contributed by atoms with van der Waals surface area (Å²) in [6, 6.07) is 5.43. The van der Waals surface area contributed by atoms with E-state index in [1.807, 2.05) is 20.0 Å². The first-order chi connectivity index (χ1) is 13.3. The highest BCUT2D eigenvalue weighted by molar-refractivity contribution is 9.10. The van der Waals surface area contributed by atoms with E-state index in [4.69, 9.17) is 14.5 Å². The number of hydrogen-bond acceptors (Lipinski definition) is 5. The predicted octanol–water partition coefficient (Wildman–Crippen LogP) is 4.19. The maximum atomic E-state index is 13.2. The van der Waals surface area contributed by atoms with Gasteiger partial charge in [0.2, 0.25) is 0 Å². The molecule has 0 saturated carbocycles. The molecule has 28 heavy (non-hydrogen) atoms. The summed E-state index contributed by atoms with van der Waals surface area (Å²) >= 11 is 3.50. The number of hydrogen-bond donors (Lipinski definition) is 1. The van der Waals surface area contributed by atoms with Crippen LogP contribution in [0, 0.1) is 6.92 Å². The molecule has 1 aromatic carbocycles. The molecule has 0 aliphatic carbocycles. The zero-order chi connectivity index (χ0) is 20.0. The second-order valence-corrected chi connectivity index (χ2v) is 7.94.